The van der Waals surface area contributed by atoms with Gasteiger partial charge in [0.2, 0.25) is 5.95 Å². The lowest BCUT2D eigenvalue weighted by atomic mass is 10.0. The van der Waals surface area contributed by atoms with Gasteiger partial charge in [0.1, 0.15) is 5.78 Å². The molecule has 0 amide bonds. The Morgan fingerprint density at radius 1 is 1.33 bits per heavy atom. The van der Waals surface area contributed by atoms with E-state index in [2.05, 4.69) is 16.8 Å². The van der Waals surface area contributed by atoms with Crippen molar-refractivity contribution in [2.75, 3.05) is 13.2 Å². The predicted molar refractivity (Wildman–Crippen MR) is 84.4 cm³/mol. The molecule has 0 saturated carbocycles. The lowest BCUT2D eigenvalue weighted by Gasteiger charge is -2.27. The van der Waals surface area contributed by atoms with Crippen LogP contribution in [0.2, 0.25) is 0 Å². The molecule has 4 atom stereocenters. The molecule has 1 unspecified atom stereocenters. The summed E-state index contributed by atoms with van der Waals surface area (Å²) in [5, 5.41) is 29.7. The average Bonchev–Trinajstić information content (AvgIpc) is 2.80. The lowest BCUT2D eigenvalue weighted by Crippen LogP contribution is -2.42. The van der Waals surface area contributed by atoms with Gasteiger partial charge in [-0.3, -0.25) is 9.69 Å². The Labute approximate surface area is 139 Å². The number of rotatable bonds is 5. The summed E-state index contributed by atoms with van der Waals surface area (Å²) < 4.78 is 12.8. The Morgan fingerprint density at radius 3 is 2.62 bits per heavy atom. The molecule has 3 N–H and O–H groups in total. The zero-order valence-corrected chi connectivity index (χ0v) is 13.4. The highest BCUT2D eigenvalue weighted by atomic mass is 19.1. The third kappa shape index (κ3) is 4.16. The molecular formula is C17H21FN2O4. The maximum absolute atomic E-state index is 12.8. The van der Waals surface area contributed by atoms with Crippen LogP contribution in [0.15, 0.2) is 18.3 Å². The summed E-state index contributed by atoms with van der Waals surface area (Å²) in [6.45, 7) is 1.53. The Balaban J connectivity index is 2.14. The van der Waals surface area contributed by atoms with Crippen molar-refractivity contribution in [1.29, 1.82) is 0 Å². The first-order valence-electron chi connectivity index (χ1n) is 7.82. The number of hydrogen-bond acceptors (Lipinski definition) is 6. The second kappa shape index (κ2) is 8.31. The zero-order valence-electron chi connectivity index (χ0n) is 13.4. The third-order valence-corrected chi connectivity index (χ3v) is 4.23. The molecule has 24 heavy (non-hydrogen) atoms. The molecule has 7 heteroatoms. The normalized spacial score (nSPS) is 26.9. The molecule has 1 fully saturated rings. The molecule has 0 aliphatic carbocycles. The SMILES string of the molecule is CCC(=O)CC1[C@@H](O)[C@H](O)[C@@H](CO)N1CC#Cc1ccc(F)nc1. The largest absolute Gasteiger partial charge is 0.395 e. The van der Waals surface area contributed by atoms with E-state index in [4.69, 9.17) is 0 Å². The Hall–Kier alpha value is -1.85. The molecule has 1 aromatic heterocycles. The smallest absolute Gasteiger partial charge is 0.212 e. The number of halogens is 1. The van der Waals surface area contributed by atoms with Crippen molar-refractivity contribution in [2.24, 2.45) is 0 Å². The molecule has 1 aliphatic rings. The van der Waals surface area contributed by atoms with Crippen LogP contribution in [0.1, 0.15) is 25.3 Å². The molecule has 1 saturated heterocycles. The monoisotopic (exact) mass is 336 g/mol. The van der Waals surface area contributed by atoms with Crippen LogP contribution in [0.5, 0.6) is 0 Å². The van der Waals surface area contributed by atoms with Crippen molar-refractivity contribution >= 4 is 5.78 Å². The van der Waals surface area contributed by atoms with E-state index in [0.717, 1.165) is 0 Å². The van der Waals surface area contributed by atoms with Gasteiger partial charge in [0.15, 0.2) is 0 Å². The molecule has 0 radical (unpaired) electrons. The van der Waals surface area contributed by atoms with Crippen molar-refractivity contribution in [3.05, 3.63) is 29.8 Å². The Bertz CT molecular complexity index is 626. The summed E-state index contributed by atoms with van der Waals surface area (Å²) in [4.78, 5) is 16.9. The maximum Gasteiger partial charge on any atom is 0.212 e. The number of likely N-dealkylation sites (tertiary alicyclic amines) is 1. The van der Waals surface area contributed by atoms with Gasteiger partial charge in [-0.2, -0.15) is 4.39 Å². The minimum Gasteiger partial charge on any atom is -0.395 e. The van der Waals surface area contributed by atoms with Crippen molar-refractivity contribution < 1.29 is 24.5 Å². The molecule has 2 heterocycles. The van der Waals surface area contributed by atoms with E-state index in [1.54, 1.807) is 11.8 Å². The first-order valence-corrected chi connectivity index (χ1v) is 7.82. The van der Waals surface area contributed by atoms with Crippen LogP contribution >= 0.6 is 0 Å². The number of hydrogen-bond donors (Lipinski definition) is 3. The van der Waals surface area contributed by atoms with Gasteiger partial charge in [-0.05, 0) is 12.1 Å². The fraction of sp³-hybridized carbons (Fsp3) is 0.529. The van der Waals surface area contributed by atoms with Crippen LogP contribution in [-0.2, 0) is 4.79 Å². The molecule has 1 aliphatic heterocycles. The quantitative estimate of drug-likeness (QED) is 0.505. The lowest BCUT2D eigenvalue weighted by molar-refractivity contribution is -0.120. The maximum atomic E-state index is 12.8. The molecule has 6 nitrogen and oxygen atoms in total. The second-order valence-corrected chi connectivity index (χ2v) is 5.74. The third-order valence-electron chi connectivity index (χ3n) is 4.23. The second-order valence-electron chi connectivity index (χ2n) is 5.74. The summed E-state index contributed by atoms with van der Waals surface area (Å²) in [6.07, 6.45) is -0.530. The van der Waals surface area contributed by atoms with E-state index in [-0.39, 0.29) is 25.4 Å². The Morgan fingerprint density at radius 2 is 2.04 bits per heavy atom. The standard InChI is InChI=1S/C17H21FN2O4/c1-2-12(22)8-13-16(23)17(24)14(10-21)20(13)7-3-4-11-5-6-15(18)19-9-11/h5-6,9,13-14,16-17,21,23-24H,2,7-8,10H2,1H3/t13?,14-,16-,17-/m1/s1. The number of aromatic nitrogens is 1. The highest BCUT2D eigenvalue weighted by molar-refractivity contribution is 5.78. The van der Waals surface area contributed by atoms with Gasteiger partial charge in [0, 0.05) is 30.6 Å². The van der Waals surface area contributed by atoms with Crippen molar-refractivity contribution in [1.82, 2.24) is 9.88 Å². The van der Waals surface area contributed by atoms with E-state index < -0.39 is 30.2 Å². The number of carbonyl (C=O) groups excluding carboxylic acids is 1. The Kier molecular flexibility index (Phi) is 6.40. The number of aliphatic hydroxyl groups is 3. The number of aliphatic hydroxyl groups excluding tert-OH is 3. The number of Topliss-reactive ketones (excluding diaryl/α,β-unsaturated/α-hetero) is 1. The van der Waals surface area contributed by atoms with E-state index in [9.17, 15) is 24.5 Å². The summed E-state index contributed by atoms with van der Waals surface area (Å²) in [5.74, 6) is 5.04. The van der Waals surface area contributed by atoms with Crippen LogP contribution in [0.25, 0.3) is 0 Å². The van der Waals surface area contributed by atoms with Gasteiger partial charge in [0.25, 0.3) is 0 Å². The first-order chi connectivity index (χ1) is 11.5. The van der Waals surface area contributed by atoms with E-state index in [0.29, 0.717) is 12.0 Å². The van der Waals surface area contributed by atoms with Gasteiger partial charge in [0.05, 0.1) is 31.4 Å². The molecular weight excluding hydrogens is 315 g/mol. The molecule has 2 rings (SSSR count). The first kappa shape index (κ1) is 18.5. The fourth-order valence-corrected chi connectivity index (χ4v) is 2.84. The summed E-state index contributed by atoms with van der Waals surface area (Å²) in [6, 6.07) is 1.41. The van der Waals surface area contributed by atoms with E-state index in [1.165, 1.54) is 18.3 Å². The van der Waals surface area contributed by atoms with Crippen molar-refractivity contribution in [3.63, 3.8) is 0 Å². The number of carbonyl (C=O) groups is 1. The van der Waals surface area contributed by atoms with Gasteiger partial charge >= 0.3 is 0 Å². The van der Waals surface area contributed by atoms with Crippen LogP contribution in [-0.4, -0.2) is 68.4 Å². The summed E-state index contributed by atoms with van der Waals surface area (Å²) in [7, 11) is 0. The molecule has 130 valence electrons. The summed E-state index contributed by atoms with van der Waals surface area (Å²) in [5.41, 5.74) is 0.526. The van der Waals surface area contributed by atoms with Crippen molar-refractivity contribution in [3.8, 4) is 11.8 Å². The molecule has 1 aromatic rings. The number of ketones is 1. The van der Waals surface area contributed by atoms with Crippen LogP contribution in [0.3, 0.4) is 0 Å². The van der Waals surface area contributed by atoms with Crippen molar-refractivity contribution in [2.45, 2.75) is 44.1 Å². The van der Waals surface area contributed by atoms with Gasteiger partial charge in [-0.25, -0.2) is 4.98 Å². The molecule has 0 aromatic carbocycles. The van der Waals surface area contributed by atoms with E-state index >= 15 is 0 Å². The summed E-state index contributed by atoms with van der Waals surface area (Å²) >= 11 is 0. The highest BCUT2D eigenvalue weighted by Gasteiger charge is 2.47. The van der Waals surface area contributed by atoms with Gasteiger partial charge in [-0.15, -0.1) is 0 Å². The topological polar surface area (TPSA) is 93.9 Å². The van der Waals surface area contributed by atoms with E-state index in [1.807, 2.05) is 0 Å². The number of pyridine rings is 1. The highest BCUT2D eigenvalue weighted by Crippen LogP contribution is 2.27. The average molecular weight is 336 g/mol. The zero-order chi connectivity index (χ0) is 17.7. The van der Waals surface area contributed by atoms with Crippen LogP contribution in [0, 0.1) is 17.8 Å². The fourth-order valence-electron chi connectivity index (χ4n) is 2.84. The van der Waals surface area contributed by atoms with Gasteiger partial charge in [-0.1, -0.05) is 18.8 Å². The van der Waals surface area contributed by atoms with Crippen LogP contribution in [0.4, 0.5) is 4.39 Å². The number of nitrogens with zero attached hydrogens (tertiary/aromatic N) is 2. The predicted octanol–water partition coefficient (Wildman–Crippen LogP) is -0.292. The minimum atomic E-state index is -1.14. The van der Waals surface area contributed by atoms with Crippen LogP contribution < -0.4 is 0 Å². The molecule has 0 spiro atoms. The minimum absolute atomic E-state index is 0.0365. The molecule has 0 bridgehead atoms. The van der Waals surface area contributed by atoms with Gasteiger partial charge < -0.3 is 15.3 Å².